The van der Waals surface area contributed by atoms with Crippen LogP contribution < -0.4 is 5.73 Å². The molecular weight excluding hydrogens is 335 g/mol. The summed E-state index contributed by atoms with van der Waals surface area (Å²) in [4.78, 5) is 10.8. The minimum Gasteiger partial charge on any atom is -0.398 e. The van der Waals surface area contributed by atoms with Gasteiger partial charge in [0, 0.05) is 16.8 Å². The van der Waals surface area contributed by atoms with Gasteiger partial charge in [0.2, 0.25) is 0 Å². The van der Waals surface area contributed by atoms with E-state index >= 15 is 0 Å². The van der Waals surface area contributed by atoms with Crippen molar-refractivity contribution in [3.8, 4) is 0 Å². The lowest BCUT2D eigenvalue weighted by molar-refractivity contribution is -0.385. The van der Waals surface area contributed by atoms with E-state index < -0.39 is 15.7 Å². The number of hydrogen-bond donors (Lipinski definition) is 1. The van der Waals surface area contributed by atoms with Crippen LogP contribution in [-0.4, -0.2) is 9.13 Å². The van der Waals surface area contributed by atoms with Gasteiger partial charge in [0.05, 0.1) is 37.0 Å². The van der Waals surface area contributed by atoms with E-state index in [2.05, 4.69) is 0 Å². The summed E-state index contributed by atoms with van der Waals surface area (Å²) < 4.78 is 12.4. The van der Waals surface area contributed by atoms with Gasteiger partial charge in [-0.2, -0.15) is 0 Å². The van der Waals surface area contributed by atoms with Crippen LogP contribution in [0, 0.1) is 10.1 Å². The number of anilines is 1. The predicted molar refractivity (Wildman–Crippen MR) is 84.1 cm³/mol. The highest BCUT2D eigenvalue weighted by Crippen LogP contribution is 2.30. The van der Waals surface area contributed by atoms with Gasteiger partial charge in [-0.25, -0.2) is 0 Å². The first-order valence-electron chi connectivity index (χ1n) is 5.75. The molecule has 0 heterocycles. The van der Waals surface area contributed by atoms with Crippen LogP contribution in [0.5, 0.6) is 0 Å². The van der Waals surface area contributed by atoms with E-state index in [1.54, 1.807) is 6.07 Å². The molecule has 2 aromatic carbocycles. The maximum absolute atomic E-state index is 12.4. The average molecular weight is 345 g/mol. The molecule has 0 spiro atoms. The maximum Gasteiger partial charge on any atom is 0.275 e. The van der Waals surface area contributed by atoms with Crippen molar-refractivity contribution in [1.82, 2.24) is 0 Å². The fourth-order valence-corrected chi connectivity index (χ4v) is 3.64. The van der Waals surface area contributed by atoms with E-state index in [-0.39, 0.29) is 22.0 Å². The van der Waals surface area contributed by atoms with E-state index in [4.69, 9.17) is 28.9 Å². The minimum atomic E-state index is -1.59. The van der Waals surface area contributed by atoms with Gasteiger partial charge in [-0.1, -0.05) is 29.3 Å². The van der Waals surface area contributed by atoms with Gasteiger partial charge in [-0.05, 0) is 24.3 Å². The van der Waals surface area contributed by atoms with Gasteiger partial charge >= 0.3 is 0 Å². The molecule has 0 fully saturated rings. The Morgan fingerprint density at radius 3 is 2.62 bits per heavy atom. The first kappa shape index (κ1) is 15.8. The summed E-state index contributed by atoms with van der Waals surface area (Å²) in [5, 5.41) is 11.6. The van der Waals surface area contributed by atoms with Crippen LogP contribution in [0.25, 0.3) is 0 Å². The molecule has 2 rings (SSSR count). The number of benzene rings is 2. The van der Waals surface area contributed by atoms with E-state index in [1.165, 1.54) is 30.3 Å². The lowest BCUT2D eigenvalue weighted by Gasteiger charge is -2.08. The van der Waals surface area contributed by atoms with Crippen molar-refractivity contribution in [2.75, 3.05) is 5.73 Å². The molecule has 5 nitrogen and oxygen atoms in total. The van der Waals surface area contributed by atoms with Crippen LogP contribution in [-0.2, 0) is 16.6 Å². The summed E-state index contributed by atoms with van der Waals surface area (Å²) in [6.07, 6.45) is 0. The summed E-state index contributed by atoms with van der Waals surface area (Å²) in [5.41, 5.74) is 6.11. The van der Waals surface area contributed by atoms with Gasteiger partial charge in [0.15, 0.2) is 0 Å². The lowest BCUT2D eigenvalue weighted by Crippen LogP contribution is -2.04. The third kappa shape index (κ3) is 3.53. The maximum atomic E-state index is 12.4. The van der Waals surface area contributed by atoms with Gasteiger partial charge in [-0.15, -0.1) is 0 Å². The molecule has 2 aromatic rings. The van der Waals surface area contributed by atoms with Gasteiger partial charge < -0.3 is 5.73 Å². The molecule has 8 heteroatoms. The number of nitro benzene ring substituents is 1. The molecule has 0 amide bonds. The zero-order chi connectivity index (χ0) is 15.6. The van der Waals surface area contributed by atoms with Crippen LogP contribution in [0.15, 0.2) is 41.3 Å². The Labute approximate surface area is 133 Å². The summed E-state index contributed by atoms with van der Waals surface area (Å²) in [6.45, 7) is 0. The molecule has 0 aliphatic carbocycles. The van der Waals surface area contributed by atoms with Gasteiger partial charge in [-0.3, -0.25) is 14.3 Å². The molecule has 0 radical (unpaired) electrons. The van der Waals surface area contributed by atoms with E-state index in [1.807, 2.05) is 0 Å². The Morgan fingerprint density at radius 1 is 1.24 bits per heavy atom. The number of nitro groups is 1. The highest BCUT2D eigenvalue weighted by Gasteiger charge is 2.20. The van der Waals surface area contributed by atoms with Crippen molar-refractivity contribution in [2.24, 2.45) is 0 Å². The molecule has 0 aliphatic heterocycles. The van der Waals surface area contributed by atoms with Crippen LogP contribution in [0.4, 0.5) is 11.4 Å². The number of nitrogen functional groups attached to an aromatic ring is 1. The third-order valence-electron chi connectivity index (χ3n) is 2.79. The van der Waals surface area contributed by atoms with Crippen molar-refractivity contribution >= 4 is 45.4 Å². The number of hydrogen-bond acceptors (Lipinski definition) is 4. The lowest BCUT2D eigenvalue weighted by atomic mass is 10.2. The molecule has 0 saturated carbocycles. The number of halogens is 2. The van der Waals surface area contributed by atoms with Crippen LogP contribution in [0.3, 0.4) is 0 Å². The monoisotopic (exact) mass is 344 g/mol. The highest BCUT2D eigenvalue weighted by molar-refractivity contribution is 7.84. The highest BCUT2D eigenvalue weighted by atomic mass is 35.5. The Hall–Kier alpha value is -1.63. The van der Waals surface area contributed by atoms with Crippen LogP contribution in [0.2, 0.25) is 10.0 Å². The standard InChI is InChI=1S/C13H10Cl2N2O3S/c14-8-4-5-11(16)13(6-8)21(20)7-9-10(15)2-1-3-12(9)17(18)19/h1-6H,7,16H2. The average Bonchev–Trinajstić information content (AvgIpc) is 2.43. The fraction of sp³-hybridized carbons (Fsp3) is 0.0769. The Kier molecular flexibility index (Phi) is 4.82. The van der Waals surface area contributed by atoms with Crippen molar-refractivity contribution in [3.63, 3.8) is 0 Å². The van der Waals surface area contributed by atoms with E-state index in [0.29, 0.717) is 15.6 Å². The molecule has 21 heavy (non-hydrogen) atoms. The van der Waals surface area contributed by atoms with E-state index in [9.17, 15) is 14.3 Å². The van der Waals surface area contributed by atoms with Gasteiger partial charge in [0.25, 0.3) is 5.69 Å². The molecule has 1 unspecified atom stereocenters. The Bertz CT molecular complexity index is 737. The molecule has 2 N–H and O–H groups in total. The van der Waals surface area contributed by atoms with Crippen molar-refractivity contribution in [1.29, 1.82) is 0 Å². The summed E-state index contributed by atoms with van der Waals surface area (Å²) in [7, 11) is -1.59. The van der Waals surface area contributed by atoms with Crippen LogP contribution >= 0.6 is 23.2 Å². The smallest absolute Gasteiger partial charge is 0.275 e. The largest absolute Gasteiger partial charge is 0.398 e. The first-order valence-corrected chi connectivity index (χ1v) is 7.83. The normalized spacial score (nSPS) is 12.1. The molecule has 110 valence electrons. The van der Waals surface area contributed by atoms with Crippen LogP contribution in [0.1, 0.15) is 5.56 Å². The second-order valence-corrected chi connectivity index (χ2v) is 6.43. The van der Waals surface area contributed by atoms with Crippen molar-refractivity contribution in [3.05, 3.63) is 62.1 Å². The number of nitrogens with zero attached hydrogens (tertiary/aromatic N) is 1. The number of rotatable bonds is 4. The van der Waals surface area contributed by atoms with Gasteiger partial charge in [0.1, 0.15) is 0 Å². The Balaban J connectivity index is 2.41. The predicted octanol–water partition coefficient (Wildman–Crippen LogP) is 3.79. The minimum absolute atomic E-state index is 0.111. The van der Waals surface area contributed by atoms with Crippen molar-refractivity contribution < 1.29 is 9.13 Å². The summed E-state index contributed by atoms with van der Waals surface area (Å²) >= 11 is 11.8. The van der Waals surface area contributed by atoms with E-state index in [0.717, 1.165) is 0 Å². The third-order valence-corrected chi connectivity index (χ3v) is 4.77. The first-order chi connectivity index (χ1) is 9.90. The molecule has 1 atom stereocenters. The second kappa shape index (κ2) is 6.43. The molecule has 0 aromatic heterocycles. The molecular formula is C13H10Cl2N2O3S. The quantitative estimate of drug-likeness (QED) is 0.519. The SMILES string of the molecule is Nc1ccc(Cl)cc1S(=O)Cc1c(Cl)cccc1[N+](=O)[O-]. The molecule has 0 saturated heterocycles. The second-order valence-electron chi connectivity index (χ2n) is 4.17. The summed E-state index contributed by atoms with van der Waals surface area (Å²) in [6, 6.07) is 8.91. The zero-order valence-corrected chi connectivity index (χ0v) is 12.9. The molecule has 0 aliphatic rings. The topological polar surface area (TPSA) is 86.2 Å². The fourth-order valence-electron chi connectivity index (χ4n) is 1.78. The number of nitrogens with two attached hydrogens (primary N) is 1. The zero-order valence-electron chi connectivity index (χ0n) is 10.6. The molecule has 0 bridgehead atoms. The summed E-state index contributed by atoms with van der Waals surface area (Å²) in [5.74, 6) is -0.111. The Morgan fingerprint density at radius 2 is 1.95 bits per heavy atom. The van der Waals surface area contributed by atoms with Crippen molar-refractivity contribution in [2.45, 2.75) is 10.6 Å².